The molecule has 1 aliphatic heterocycles. The van der Waals surface area contributed by atoms with Crippen molar-refractivity contribution in [3.63, 3.8) is 0 Å². The molecule has 1 fully saturated rings. The Morgan fingerprint density at radius 3 is 3.00 bits per heavy atom. The Kier molecular flexibility index (Phi) is 2.67. The van der Waals surface area contributed by atoms with E-state index in [0.717, 1.165) is 17.1 Å². The standard InChI is InChI=1S/C14H15ClN2/c1-10-3-2-8-17(10)14-6-7-16-13-9-11(15)4-5-12(13)14/h4-7,9-10H,2-3,8H2,1H3/t10-/m1/s1. The highest BCUT2D eigenvalue weighted by Crippen LogP contribution is 2.32. The molecular formula is C14H15ClN2. The van der Waals surface area contributed by atoms with E-state index in [-0.39, 0.29) is 0 Å². The second kappa shape index (κ2) is 4.19. The Hall–Kier alpha value is -1.28. The molecular weight excluding hydrogens is 232 g/mol. The van der Waals surface area contributed by atoms with Crippen LogP contribution < -0.4 is 4.90 Å². The van der Waals surface area contributed by atoms with Crippen LogP contribution >= 0.6 is 11.6 Å². The second-order valence-corrected chi connectivity index (χ2v) is 5.11. The monoisotopic (exact) mass is 246 g/mol. The highest BCUT2D eigenvalue weighted by atomic mass is 35.5. The van der Waals surface area contributed by atoms with Crippen molar-refractivity contribution in [3.05, 3.63) is 35.5 Å². The molecule has 1 atom stereocenters. The summed E-state index contributed by atoms with van der Waals surface area (Å²) in [6, 6.07) is 8.68. The topological polar surface area (TPSA) is 16.1 Å². The summed E-state index contributed by atoms with van der Waals surface area (Å²) in [5.41, 5.74) is 2.27. The van der Waals surface area contributed by atoms with Crippen molar-refractivity contribution in [1.29, 1.82) is 0 Å². The molecule has 0 N–H and O–H groups in total. The zero-order chi connectivity index (χ0) is 11.8. The number of hydrogen-bond donors (Lipinski definition) is 0. The maximum atomic E-state index is 6.01. The van der Waals surface area contributed by atoms with Crippen molar-refractivity contribution in [2.45, 2.75) is 25.8 Å². The Morgan fingerprint density at radius 2 is 2.24 bits per heavy atom. The third kappa shape index (κ3) is 1.87. The molecule has 2 aromatic rings. The molecule has 1 aliphatic rings. The number of aromatic nitrogens is 1. The van der Waals surface area contributed by atoms with Gasteiger partial charge in [0.05, 0.1) is 5.52 Å². The van der Waals surface area contributed by atoms with Crippen LogP contribution in [0.3, 0.4) is 0 Å². The van der Waals surface area contributed by atoms with Gasteiger partial charge in [-0.2, -0.15) is 0 Å². The van der Waals surface area contributed by atoms with Crippen LogP contribution in [0.5, 0.6) is 0 Å². The number of halogens is 1. The minimum atomic E-state index is 0.622. The van der Waals surface area contributed by atoms with Gasteiger partial charge in [-0.25, -0.2) is 0 Å². The summed E-state index contributed by atoms with van der Waals surface area (Å²) in [6.45, 7) is 3.43. The van der Waals surface area contributed by atoms with Gasteiger partial charge in [-0.15, -0.1) is 0 Å². The SMILES string of the molecule is C[C@@H]1CCCN1c1ccnc2cc(Cl)ccc12. The lowest BCUT2D eigenvalue weighted by molar-refractivity contribution is 0.736. The Morgan fingerprint density at radius 1 is 1.35 bits per heavy atom. The average molecular weight is 247 g/mol. The van der Waals surface area contributed by atoms with Crippen LogP contribution in [0, 0.1) is 0 Å². The largest absolute Gasteiger partial charge is 0.368 e. The molecule has 0 aliphatic carbocycles. The molecule has 3 rings (SSSR count). The summed E-state index contributed by atoms with van der Waals surface area (Å²) in [5, 5.41) is 1.95. The molecule has 0 spiro atoms. The van der Waals surface area contributed by atoms with Gasteiger partial charge in [-0.1, -0.05) is 11.6 Å². The normalized spacial score (nSPS) is 20.1. The van der Waals surface area contributed by atoms with Gasteiger partial charge in [0.25, 0.3) is 0 Å². The van der Waals surface area contributed by atoms with Gasteiger partial charge in [0, 0.05) is 34.9 Å². The van der Waals surface area contributed by atoms with Crippen LogP contribution in [0.2, 0.25) is 5.02 Å². The third-order valence-electron chi connectivity index (χ3n) is 3.54. The Balaban J connectivity index is 2.16. The van der Waals surface area contributed by atoms with Gasteiger partial charge >= 0.3 is 0 Å². The first-order chi connectivity index (χ1) is 8.25. The van der Waals surface area contributed by atoms with Crippen LogP contribution in [0.1, 0.15) is 19.8 Å². The van der Waals surface area contributed by atoms with E-state index in [9.17, 15) is 0 Å². The molecule has 0 amide bonds. The number of pyridine rings is 1. The lowest BCUT2D eigenvalue weighted by Crippen LogP contribution is -2.26. The summed E-state index contributed by atoms with van der Waals surface area (Å²) in [6.07, 6.45) is 4.43. The highest BCUT2D eigenvalue weighted by molar-refractivity contribution is 6.31. The molecule has 2 nitrogen and oxygen atoms in total. The van der Waals surface area contributed by atoms with E-state index in [1.165, 1.54) is 23.9 Å². The van der Waals surface area contributed by atoms with Crippen molar-refractivity contribution in [2.75, 3.05) is 11.4 Å². The van der Waals surface area contributed by atoms with Gasteiger partial charge in [-0.3, -0.25) is 4.98 Å². The van der Waals surface area contributed by atoms with Crippen LogP contribution in [0.15, 0.2) is 30.5 Å². The predicted molar refractivity (Wildman–Crippen MR) is 72.8 cm³/mol. The number of rotatable bonds is 1. The fraction of sp³-hybridized carbons (Fsp3) is 0.357. The van der Waals surface area contributed by atoms with Crippen LogP contribution in [-0.2, 0) is 0 Å². The summed E-state index contributed by atoms with van der Waals surface area (Å²) >= 11 is 6.01. The highest BCUT2D eigenvalue weighted by Gasteiger charge is 2.21. The lowest BCUT2D eigenvalue weighted by Gasteiger charge is -2.25. The zero-order valence-corrected chi connectivity index (χ0v) is 10.6. The van der Waals surface area contributed by atoms with Gasteiger partial charge in [0.2, 0.25) is 0 Å². The van der Waals surface area contributed by atoms with Crippen molar-refractivity contribution in [3.8, 4) is 0 Å². The van der Waals surface area contributed by atoms with Crippen molar-refractivity contribution in [1.82, 2.24) is 4.98 Å². The third-order valence-corrected chi connectivity index (χ3v) is 3.78. The number of nitrogens with zero attached hydrogens (tertiary/aromatic N) is 2. The van der Waals surface area contributed by atoms with E-state index < -0.39 is 0 Å². The maximum absolute atomic E-state index is 6.01. The second-order valence-electron chi connectivity index (χ2n) is 4.68. The zero-order valence-electron chi connectivity index (χ0n) is 9.86. The summed E-state index contributed by atoms with van der Waals surface area (Å²) in [7, 11) is 0. The molecule has 1 saturated heterocycles. The first-order valence-electron chi connectivity index (χ1n) is 6.06. The molecule has 0 saturated carbocycles. The van der Waals surface area contributed by atoms with Crippen molar-refractivity contribution in [2.24, 2.45) is 0 Å². The van der Waals surface area contributed by atoms with E-state index in [1.54, 1.807) is 0 Å². The van der Waals surface area contributed by atoms with E-state index >= 15 is 0 Å². The average Bonchev–Trinajstić information content (AvgIpc) is 2.74. The molecule has 88 valence electrons. The fourth-order valence-corrected chi connectivity index (χ4v) is 2.81. The molecule has 1 aromatic heterocycles. The minimum absolute atomic E-state index is 0.622. The molecule has 1 aromatic carbocycles. The van der Waals surface area contributed by atoms with Crippen LogP contribution in [0.4, 0.5) is 5.69 Å². The van der Waals surface area contributed by atoms with Gasteiger partial charge in [0.15, 0.2) is 0 Å². The Bertz CT molecular complexity index is 553. The van der Waals surface area contributed by atoms with Gasteiger partial charge in [0.1, 0.15) is 0 Å². The number of fused-ring (bicyclic) bond motifs is 1. The van der Waals surface area contributed by atoms with Crippen molar-refractivity contribution < 1.29 is 0 Å². The number of anilines is 1. The summed E-state index contributed by atoms with van der Waals surface area (Å²) in [4.78, 5) is 6.86. The predicted octanol–water partition coefficient (Wildman–Crippen LogP) is 3.88. The minimum Gasteiger partial charge on any atom is -0.368 e. The van der Waals surface area contributed by atoms with Gasteiger partial charge in [-0.05, 0) is 44.0 Å². The quantitative estimate of drug-likeness (QED) is 0.759. The van der Waals surface area contributed by atoms with Crippen LogP contribution in [-0.4, -0.2) is 17.6 Å². The van der Waals surface area contributed by atoms with E-state index in [4.69, 9.17) is 11.6 Å². The first kappa shape index (κ1) is 10.8. The van der Waals surface area contributed by atoms with Crippen LogP contribution in [0.25, 0.3) is 10.9 Å². The summed E-state index contributed by atoms with van der Waals surface area (Å²) < 4.78 is 0. The molecule has 0 bridgehead atoms. The first-order valence-corrected chi connectivity index (χ1v) is 6.44. The molecule has 3 heteroatoms. The molecule has 0 radical (unpaired) electrons. The Labute approximate surface area is 106 Å². The fourth-order valence-electron chi connectivity index (χ4n) is 2.65. The van der Waals surface area contributed by atoms with Crippen molar-refractivity contribution >= 4 is 28.2 Å². The summed E-state index contributed by atoms with van der Waals surface area (Å²) in [5.74, 6) is 0. The van der Waals surface area contributed by atoms with E-state index in [1.807, 2.05) is 18.3 Å². The maximum Gasteiger partial charge on any atom is 0.0737 e. The molecule has 17 heavy (non-hydrogen) atoms. The number of hydrogen-bond acceptors (Lipinski definition) is 2. The number of benzene rings is 1. The molecule has 0 unspecified atom stereocenters. The van der Waals surface area contributed by atoms with E-state index in [0.29, 0.717) is 6.04 Å². The van der Waals surface area contributed by atoms with E-state index in [2.05, 4.69) is 28.9 Å². The van der Waals surface area contributed by atoms with Gasteiger partial charge < -0.3 is 4.90 Å². The molecule has 2 heterocycles. The smallest absolute Gasteiger partial charge is 0.0737 e. The lowest BCUT2D eigenvalue weighted by atomic mass is 10.1.